The minimum atomic E-state index is 0.427. The van der Waals surface area contributed by atoms with Crippen LogP contribution in [0.2, 0.25) is 0 Å². The third-order valence-electron chi connectivity index (χ3n) is 3.04. The lowest BCUT2D eigenvalue weighted by Crippen LogP contribution is -2.55. The van der Waals surface area contributed by atoms with Gasteiger partial charge in [-0.25, -0.2) is 0 Å². The third-order valence-corrected chi connectivity index (χ3v) is 3.04. The summed E-state index contributed by atoms with van der Waals surface area (Å²) in [6, 6.07) is 1.05. The van der Waals surface area contributed by atoms with Gasteiger partial charge in [0.1, 0.15) is 0 Å². The van der Waals surface area contributed by atoms with Gasteiger partial charge in [-0.3, -0.25) is 4.90 Å². The molecule has 1 rings (SSSR count). The lowest BCUT2D eigenvalue weighted by atomic mass is 10.2. The van der Waals surface area contributed by atoms with Gasteiger partial charge in [-0.15, -0.1) is 0 Å². The minimum absolute atomic E-state index is 0.427. The molecule has 4 nitrogen and oxygen atoms in total. The van der Waals surface area contributed by atoms with Gasteiger partial charge in [0.05, 0.1) is 0 Å². The first-order valence-electron chi connectivity index (χ1n) is 5.45. The molecule has 84 valence electrons. The van der Waals surface area contributed by atoms with Gasteiger partial charge in [-0.05, 0) is 21.0 Å². The van der Waals surface area contributed by atoms with Crippen LogP contribution in [0.4, 0.5) is 0 Å². The van der Waals surface area contributed by atoms with Gasteiger partial charge in [-0.2, -0.15) is 0 Å². The molecule has 0 aromatic carbocycles. The van der Waals surface area contributed by atoms with Crippen LogP contribution in [0.5, 0.6) is 0 Å². The first kappa shape index (κ1) is 11.9. The molecule has 0 radical (unpaired) electrons. The molecule has 0 saturated carbocycles. The van der Waals surface area contributed by atoms with E-state index in [0.717, 1.165) is 13.1 Å². The van der Waals surface area contributed by atoms with Crippen LogP contribution in [0.15, 0.2) is 0 Å². The van der Waals surface area contributed by atoms with Crippen LogP contribution in [0.1, 0.15) is 6.92 Å². The van der Waals surface area contributed by atoms with Gasteiger partial charge in [0, 0.05) is 44.8 Å². The summed E-state index contributed by atoms with van der Waals surface area (Å²) in [6.45, 7) is 7.39. The van der Waals surface area contributed by atoms with Crippen molar-refractivity contribution in [3.8, 4) is 0 Å². The first-order chi connectivity index (χ1) is 6.63. The lowest BCUT2D eigenvalue weighted by Gasteiger charge is -2.38. The Morgan fingerprint density at radius 2 is 2.14 bits per heavy atom. The fourth-order valence-electron chi connectivity index (χ4n) is 1.74. The number of piperazine rings is 1. The molecule has 1 heterocycles. The molecule has 1 fully saturated rings. The summed E-state index contributed by atoms with van der Waals surface area (Å²) >= 11 is 0. The van der Waals surface area contributed by atoms with E-state index in [2.05, 4.69) is 36.1 Å². The van der Waals surface area contributed by atoms with E-state index in [4.69, 9.17) is 5.73 Å². The normalized spacial score (nSPS) is 27.9. The Kier molecular flexibility index (Phi) is 4.81. The van der Waals surface area contributed by atoms with E-state index in [1.54, 1.807) is 0 Å². The van der Waals surface area contributed by atoms with Gasteiger partial charge in [0.2, 0.25) is 0 Å². The second-order valence-corrected chi connectivity index (χ2v) is 4.44. The molecule has 0 aromatic heterocycles. The van der Waals surface area contributed by atoms with E-state index >= 15 is 0 Å². The van der Waals surface area contributed by atoms with Crippen molar-refractivity contribution in [2.45, 2.75) is 19.0 Å². The Balaban J connectivity index is 2.27. The van der Waals surface area contributed by atoms with Crippen LogP contribution in [0, 0.1) is 0 Å². The molecule has 1 aliphatic heterocycles. The van der Waals surface area contributed by atoms with Gasteiger partial charge < -0.3 is 16.0 Å². The smallest absolute Gasteiger partial charge is 0.0345 e. The number of nitrogens with zero attached hydrogens (tertiary/aromatic N) is 2. The van der Waals surface area contributed by atoms with Crippen molar-refractivity contribution in [2.75, 3.05) is 46.8 Å². The van der Waals surface area contributed by atoms with Crippen molar-refractivity contribution < 1.29 is 0 Å². The maximum absolute atomic E-state index is 5.56. The zero-order valence-corrected chi connectivity index (χ0v) is 9.66. The number of likely N-dealkylation sites (N-methyl/N-ethyl adjacent to an activating group) is 2. The summed E-state index contributed by atoms with van der Waals surface area (Å²) in [5, 5.41) is 3.46. The van der Waals surface area contributed by atoms with Gasteiger partial charge >= 0.3 is 0 Å². The number of nitrogens with one attached hydrogen (secondary N) is 1. The summed E-state index contributed by atoms with van der Waals surface area (Å²) < 4.78 is 0. The van der Waals surface area contributed by atoms with E-state index in [1.807, 2.05) is 0 Å². The average molecular weight is 200 g/mol. The first-order valence-corrected chi connectivity index (χ1v) is 5.45. The van der Waals surface area contributed by atoms with Crippen molar-refractivity contribution >= 4 is 0 Å². The molecule has 3 N–H and O–H groups in total. The summed E-state index contributed by atoms with van der Waals surface area (Å²) in [6.07, 6.45) is 0. The molecular formula is C10H24N4. The SMILES string of the molecule is CC(CN)NCC1CN(C)CCN1C. The molecule has 2 unspecified atom stereocenters. The van der Waals surface area contributed by atoms with Crippen LogP contribution in [-0.4, -0.2) is 68.7 Å². The molecule has 0 amide bonds. The van der Waals surface area contributed by atoms with E-state index in [9.17, 15) is 0 Å². The molecule has 2 atom stereocenters. The number of hydrogen-bond donors (Lipinski definition) is 2. The number of nitrogens with two attached hydrogens (primary N) is 1. The zero-order chi connectivity index (χ0) is 10.6. The molecule has 14 heavy (non-hydrogen) atoms. The molecule has 0 aromatic rings. The summed E-state index contributed by atoms with van der Waals surface area (Å²) in [4.78, 5) is 4.82. The fourth-order valence-corrected chi connectivity index (χ4v) is 1.74. The molecule has 0 aliphatic carbocycles. The highest BCUT2D eigenvalue weighted by molar-refractivity contribution is 4.81. The van der Waals surface area contributed by atoms with E-state index in [-0.39, 0.29) is 0 Å². The molecule has 4 heteroatoms. The van der Waals surface area contributed by atoms with Crippen LogP contribution in [0.3, 0.4) is 0 Å². The number of rotatable bonds is 4. The van der Waals surface area contributed by atoms with Crippen molar-refractivity contribution in [1.82, 2.24) is 15.1 Å². The molecule has 0 spiro atoms. The molecule has 1 saturated heterocycles. The largest absolute Gasteiger partial charge is 0.329 e. The van der Waals surface area contributed by atoms with Gasteiger partial charge in [0.25, 0.3) is 0 Å². The second-order valence-electron chi connectivity index (χ2n) is 4.44. The van der Waals surface area contributed by atoms with Crippen LogP contribution >= 0.6 is 0 Å². The molecule has 0 bridgehead atoms. The highest BCUT2D eigenvalue weighted by atomic mass is 15.3. The Hall–Kier alpha value is -0.160. The minimum Gasteiger partial charge on any atom is -0.329 e. The van der Waals surface area contributed by atoms with Crippen molar-refractivity contribution in [3.63, 3.8) is 0 Å². The number of hydrogen-bond acceptors (Lipinski definition) is 4. The van der Waals surface area contributed by atoms with E-state index < -0.39 is 0 Å². The summed E-state index contributed by atoms with van der Waals surface area (Å²) in [5.74, 6) is 0. The topological polar surface area (TPSA) is 44.5 Å². The maximum Gasteiger partial charge on any atom is 0.0345 e. The Labute approximate surface area is 87.4 Å². The highest BCUT2D eigenvalue weighted by Gasteiger charge is 2.21. The third kappa shape index (κ3) is 3.53. The average Bonchev–Trinajstić information content (AvgIpc) is 2.19. The monoisotopic (exact) mass is 200 g/mol. The Morgan fingerprint density at radius 3 is 2.79 bits per heavy atom. The quantitative estimate of drug-likeness (QED) is 0.622. The van der Waals surface area contributed by atoms with Crippen molar-refractivity contribution in [2.24, 2.45) is 5.73 Å². The Morgan fingerprint density at radius 1 is 1.43 bits per heavy atom. The van der Waals surface area contributed by atoms with Crippen molar-refractivity contribution in [1.29, 1.82) is 0 Å². The van der Waals surface area contributed by atoms with Crippen molar-refractivity contribution in [3.05, 3.63) is 0 Å². The maximum atomic E-state index is 5.56. The van der Waals surface area contributed by atoms with E-state index in [1.165, 1.54) is 13.1 Å². The van der Waals surface area contributed by atoms with Crippen LogP contribution < -0.4 is 11.1 Å². The predicted molar refractivity (Wildman–Crippen MR) is 60.4 cm³/mol. The zero-order valence-electron chi connectivity index (χ0n) is 9.66. The van der Waals surface area contributed by atoms with Gasteiger partial charge in [-0.1, -0.05) is 0 Å². The summed E-state index contributed by atoms with van der Waals surface area (Å²) in [5.41, 5.74) is 5.56. The van der Waals surface area contributed by atoms with Gasteiger partial charge in [0.15, 0.2) is 0 Å². The van der Waals surface area contributed by atoms with E-state index in [0.29, 0.717) is 18.6 Å². The highest BCUT2D eigenvalue weighted by Crippen LogP contribution is 2.04. The summed E-state index contributed by atoms with van der Waals surface area (Å²) in [7, 11) is 4.39. The molecular weight excluding hydrogens is 176 g/mol. The van der Waals surface area contributed by atoms with Crippen LogP contribution in [0.25, 0.3) is 0 Å². The Bertz CT molecular complexity index is 162. The fraction of sp³-hybridized carbons (Fsp3) is 1.00. The van der Waals surface area contributed by atoms with Crippen LogP contribution in [-0.2, 0) is 0 Å². The molecule has 1 aliphatic rings. The standard InChI is InChI=1S/C10H24N4/c1-9(6-11)12-7-10-8-13(2)4-5-14(10)3/h9-10,12H,4-8,11H2,1-3H3. The lowest BCUT2D eigenvalue weighted by molar-refractivity contribution is 0.112. The predicted octanol–water partition coefficient (Wildman–Crippen LogP) is -0.831. The second kappa shape index (κ2) is 5.66.